The normalized spacial score (nSPS) is 16.2. The monoisotopic (exact) mass is 420 g/mol. The van der Waals surface area contributed by atoms with Gasteiger partial charge in [-0.3, -0.25) is 14.3 Å². The van der Waals surface area contributed by atoms with E-state index in [1.54, 1.807) is 0 Å². The Bertz CT molecular complexity index is 1180. The molecule has 9 nitrogen and oxygen atoms in total. The second kappa shape index (κ2) is 8.24. The number of aromatic nitrogens is 7. The predicted molar refractivity (Wildman–Crippen MR) is 119 cm³/mol. The highest BCUT2D eigenvalue weighted by molar-refractivity contribution is 5.93. The Hall–Kier alpha value is -3.04. The maximum atomic E-state index is 5.47. The van der Waals surface area contributed by atoms with Crippen molar-refractivity contribution >= 4 is 10.9 Å². The molecule has 0 bridgehead atoms. The van der Waals surface area contributed by atoms with Gasteiger partial charge in [-0.05, 0) is 32.9 Å². The number of fused-ring (bicyclic) bond motifs is 1. The summed E-state index contributed by atoms with van der Waals surface area (Å²) in [5, 5.41) is 19.1. The molecule has 0 saturated carbocycles. The third-order valence-electron chi connectivity index (χ3n) is 5.87. The summed E-state index contributed by atoms with van der Waals surface area (Å²) < 4.78 is 9.52. The smallest absolute Gasteiger partial charge is 0.179 e. The maximum Gasteiger partial charge on any atom is 0.179 e. The summed E-state index contributed by atoms with van der Waals surface area (Å²) in [7, 11) is 0. The number of hydrogen-bond donors (Lipinski definition) is 1. The fraction of sp³-hybridized carbons (Fsp3) is 0.455. The quantitative estimate of drug-likeness (QED) is 0.516. The first-order valence-corrected chi connectivity index (χ1v) is 10.9. The first kappa shape index (κ1) is 19.9. The molecule has 1 aliphatic heterocycles. The van der Waals surface area contributed by atoms with Gasteiger partial charge in [0.1, 0.15) is 5.69 Å². The molecule has 0 aliphatic carbocycles. The van der Waals surface area contributed by atoms with Gasteiger partial charge in [-0.25, -0.2) is 0 Å². The van der Waals surface area contributed by atoms with Crippen molar-refractivity contribution in [2.45, 2.75) is 33.4 Å². The van der Waals surface area contributed by atoms with Gasteiger partial charge in [-0.1, -0.05) is 12.1 Å². The van der Waals surface area contributed by atoms with Crippen LogP contribution in [0.15, 0.2) is 30.5 Å². The lowest BCUT2D eigenvalue weighted by atomic mass is 10.1. The van der Waals surface area contributed by atoms with Gasteiger partial charge < -0.3 is 9.72 Å². The highest BCUT2D eigenvalue weighted by atomic mass is 16.5. The molecule has 4 aromatic rings. The molecule has 31 heavy (non-hydrogen) atoms. The minimum Gasteiger partial charge on any atom is -0.379 e. The summed E-state index contributed by atoms with van der Waals surface area (Å²) in [5.74, 6) is 1.46. The number of hydrogen-bond acceptors (Lipinski definition) is 6. The summed E-state index contributed by atoms with van der Waals surface area (Å²) >= 11 is 0. The molecule has 0 amide bonds. The van der Waals surface area contributed by atoms with E-state index < -0.39 is 0 Å². The van der Waals surface area contributed by atoms with Crippen LogP contribution in [0.2, 0.25) is 0 Å². The van der Waals surface area contributed by atoms with Crippen molar-refractivity contribution in [1.29, 1.82) is 0 Å². The van der Waals surface area contributed by atoms with Crippen LogP contribution >= 0.6 is 0 Å². The number of ether oxygens (including phenoxy) is 1. The highest BCUT2D eigenvalue weighted by Crippen LogP contribution is 2.29. The largest absolute Gasteiger partial charge is 0.379 e. The molecule has 4 heterocycles. The first-order valence-electron chi connectivity index (χ1n) is 10.9. The Kier molecular flexibility index (Phi) is 5.29. The van der Waals surface area contributed by atoms with E-state index in [2.05, 4.69) is 61.9 Å². The molecule has 1 unspecified atom stereocenters. The van der Waals surface area contributed by atoms with Gasteiger partial charge in [-0.2, -0.15) is 10.2 Å². The minimum absolute atomic E-state index is 0.262. The van der Waals surface area contributed by atoms with Crippen LogP contribution in [0, 0.1) is 6.92 Å². The second-order valence-electron chi connectivity index (χ2n) is 8.10. The Balaban J connectivity index is 1.46. The number of benzene rings is 1. The van der Waals surface area contributed by atoms with E-state index >= 15 is 0 Å². The lowest BCUT2D eigenvalue weighted by Gasteiger charge is -2.29. The van der Waals surface area contributed by atoms with E-state index in [4.69, 9.17) is 9.84 Å². The molecule has 1 fully saturated rings. The molecule has 0 spiro atoms. The third-order valence-corrected chi connectivity index (χ3v) is 5.87. The van der Waals surface area contributed by atoms with E-state index in [1.165, 1.54) is 0 Å². The fourth-order valence-corrected chi connectivity index (χ4v) is 4.34. The van der Waals surface area contributed by atoms with Crippen molar-refractivity contribution < 1.29 is 4.74 Å². The van der Waals surface area contributed by atoms with Crippen LogP contribution < -0.4 is 0 Å². The van der Waals surface area contributed by atoms with E-state index in [9.17, 15) is 0 Å². The second-order valence-corrected chi connectivity index (χ2v) is 8.10. The van der Waals surface area contributed by atoms with Crippen molar-refractivity contribution in [3.05, 3.63) is 36.2 Å². The molecule has 5 rings (SSSR count). The van der Waals surface area contributed by atoms with Gasteiger partial charge in [0.2, 0.25) is 0 Å². The molecular weight excluding hydrogens is 392 g/mol. The van der Waals surface area contributed by atoms with E-state index in [0.29, 0.717) is 0 Å². The van der Waals surface area contributed by atoms with Crippen molar-refractivity contribution in [3.63, 3.8) is 0 Å². The molecule has 1 aliphatic rings. The van der Waals surface area contributed by atoms with Gasteiger partial charge in [-0.15, -0.1) is 10.2 Å². The Morgan fingerprint density at radius 3 is 2.77 bits per heavy atom. The van der Waals surface area contributed by atoms with E-state index in [-0.39, 0.29) is 6.04 Å². The van der Waals surface area contributed by atoms with Gasteiger partial charge in [0.05, 0.1) is 36.7 Å². The van der Waals surface area contributed by atoms with Gasteiger partial charge >= 0.3 is 0 Å². The summed E-state index contributed by atoms with van der Waals surface area (Å²) in [6, 6.07) is 8.53. The highest BCUT2D eigenvalue weighted by Gasteiger charge is 2.19. The first-order chi connectivity index (χ1) is 15.1. The molecule has 1 saturated heterocycles. The van der Waals surface area contributed by atoms with Crippen LogP contribution in [0.1, 0.15) is 25.6 Å². The van der Waals surface area contributed by atoms with Crippen LogP contribution in [0.25, 0.3) is 33.8 Å². The molecule has 1 atom stereocenters. The number of H-pyrrole nitrogens is 1. The Labute approximate surface area is 181 Å². The summed E-state index contributed by atoms with van der Waals surface area (Å²) in [4.78, 5) is 5.83. The fourth-order valence-electron chi connectivity index (χ4n) is 4.34. The number of aromatic amines is 1. The average Bonchev–Trinajstić information content (AvgIpc) is 3.51. The van der Waals surface area contributed by atoms with Crippen LogP contribution in [-0.4, -0.2) is 72.5 Å². The molecular formula is C22H28N8O. The van der Waals surface area contributed by atoms with E-state index in [1.807, 2.05) is 23.9 Å². The standard InChI is InChI=1S/C22H28N8O/c1-4-29-20(12-15(2)27-29)22-24-21(25-26-22)17-6-5-7-19-18(17)13-23-30(19)16(3)14-28-8-10-31-11-9-28/h5-7,12-13,16H,4,8-11,14H2,1-3H3,(H,24,25,26). The van der Waals surface area contributed by atoms with Gasteiger partial charge in [0.15, 0.2) is 11.6 Å². The molecule has 0 radical (unpaired) electrons. The van der Waals surface area contributed by atoms with Crippen molar-refractivity contribution in [2.24, 2.45) is 0 Å². The Morgan fingerprint density at radius 2 is 1.97 bits per heavy atom. The molecule has 1 N–H and O–H groups in total. The summed E-state index contributed by atoms with van der Waals surface area (Å²) in [6.45, 7) is 11.6. The summed E-state index contributed by atoms with van der Waals surface area (Å²) in [5.41, 5.74) is 4.01. The number of morpholine rings is 1. The molecule has 1 aromatic carbocycles. The van der Waals surface area contributed by atoms with Crippen LogP contribution in [0.4, 0.5) is 0 Å². The number of rotatable bonds is 6. The molecule has 9 heteroatoms. The van der Waals surface area contributed by atoms with Crippen LogP contribution in [-0.2, 0) is 11.3 Å². The van der Waals surface area contributed by atoms with Crippen molar-refractivity contribution in [1.82, 2.24) is 39.6 Å². The van der Waals surface area contributed by atoms with Crippen LogP contribution in [0.5, 0.6) is 0 Å². The molecule has 162 valence electrons. The topological polar surface area (TPSA) is 89.7 Å². The predicted octanol–water partition coefficient (Wildman–Crippen LogP) is 2.91. The zero-order valence-electron chi connectivity index (χ0n) is 18.2. The Morgan fingerprint density at radius 1 is 1.16 bits per heavy atom. The van der Waals surface area contributed by atoms with E-state index in [0.717, 1.165) is 78.9 Å². The van der Waals surface area contributed by atoms with Crippen molar-refractivity contribution in [2.75, 3.05) is 32.8 Å². The lowest BCUT2D eigenvalue weighted by molar-refractivity contribution is 0.0321. The van der Waals surface area contributed by atoms with Crippen LogP contribution in [0.3, 0.4) is 0 Å². The summed E-state index contributed by atoms with van der Waals surface area (Å²) in [6.07, 6.45) is 1.93. The lowest BCUT2D eigenvalue weighted by Crippen LogP contribution is -2.39. The number of nitrogens with one attached hydrogen (secondary N) is 1. The SMILES string of the molecule is CCn1nc(C)cc1-c1nnc(-c2cccc3c2cnn3C(C)CN2CCOCC2)[nH]1. The number of nitrogens with zero attached hydrogens (tertiary/aromatic N) is 7. The minimum atomic E-state index is 0.262. The molecule has 3 aromatic heterocycles. The average molecular weight is 421 g/mol. The maximum absolute atomic E-state index is 5.47. The zero-order chi connectivity index (χ0) is 21.4. The van der Waals surface area contributed by atoms with Gasteiger partial charge in [0, 0.05) is 37.1 Å². The van der Waals surface area contributed by atoms with Gasteiger partial charge in [0.25, 0.3) is 0 Å². The zero-order valence-corrected chi connectivity index (χ0v) is 18.2. The number of aryl methyl sites for hydroxylation is 2. The third kappa shape index (κ3) is 3.75. The van der Waals surface area contributed by atoms with Crippen molar-refractivity contribution in [3.8, 4) is 22.9 Å².